The third-order valence-electron chi connectivity index (χ3n) is 4.75. The molecule has 0 unspecified atom stereocenters. The predicted octanol–water partition coefficient (Wildman–Crippen LogP) is 4.42. The first-order valence-corrected chi connectivity index (χ1v) is 9.57. The van der Waals surface area contributed by atoms with Crippen LogP contribution >= 0.6 is 11.8 Å². The molecule has 0 bridgehead atoms. The minimum absolute atomic E-state index is 0.0102. The number of nitrogen functional groups attached to an aromatic ring is 2. The number of nitrogens with one attached hydrogen (secondary N) is 1. The van der Waals surface area contributed by atoms with Crippen molar-refractivity contribution in [3.8, 4) is 0 Å². The Kier molecular flexibility index (Phi) is 5.72. The molecule has 1 amide bonds. The topological polar surface area (TPSA) is 98.2 Å². The highest BCUT2D eigenvalue weighted by molar-refractivity contribution is 8.13. The average Bonchev–Trinajstić information content (AvgIpc) is 2.51. The van der Waals surface area contributed by atoms with Crippen LogP contribution in [0.15, 0.2) is 17.0 Å². The summed E-state index contributed by atoms with van der Waals surface area (Å²) in [5.41, 5.74) is 12.3. The number of hydrogen-bond acceptors (Lipinski definition) is 5. The van der Waals surface area contributed by atoms with Gasteiger partial charge < -0.3 is 16.8 Å². The van der Waals surface area contributed by atoms with Crippen LogP contribution in [0.1, 0.15) is 59.8 Å². The van der Waals surface area contributed by atoms with E-state index in [0.29, 0.717) is 22.0 Å². The van der Waals surface area contributed by atoms with E-state index in [-0.39, 0.29) is 16.4 Å². The summed E-state index contributed by atoms with van der Waals surface area (Å²) in [6, 6.07) is 3.32. The SMILES string of the molecule is CC(C)(C)C(=O)Sc1cc(N)c(N)cc1NC(=O)C1(C)CCCCC1. The van der Waals surface area contributed by atoms with E-state index in [0.717, 1.165) is 37.4 Å². The Hall–Kier alpha value is -1.69. The molecule has 0 aliphatic heterocycles. The van der Waals surface area contributed by atoms with Crippen LogP contribution in [0.4, 0.5) is 17.1 Å². The molecule has 0 atom stereocenters. The average molecular weight is 364 g/mol. The summed E-state index contributed by atoms with van der Waals surface area (Å²) in [4.78, 5) is 25.9. The highest BCUT2D eigenvalue weighted by Crippen LogP contribution is 2.40. The van der Waals surface area contributed by atoms with Crippen LogP contribution in [0.25, 0.3) is 0 Å². The predicted molar refractivity (Wildman–Crippen MR) is 105 cm³/mol. The van der Waals surface area contributed by atoms with Gasteiger partial charge in [0.15, 0.2) is 5.12 Å². The van der Waals surface area contributed by atoms with Crippen molar-refractivity contribution in [2.45, 2.75) is 64.7 Å². The third kappa shape index (κ3) is 4.69. The quantitative estimate of drug-likeness (QED) is 0.545. The number of benzene rings is 1. The van der Waals surface area contributed by atoms with Crippen molar-refractivity contribution in [1.82, 2.24) is 0 Å². The van der Waals surface area contributed by atoms with Crippen molar-refractivity contribution in [3.05, 3.63) is 12.1 Å². The Morgan fingerprint density at radius 3 is 2.20 bits per heavy atom. The molecule has 0 heterocycles. The second kappa shape index (κ2) is 7.28. The zero-order valence-corrected chi connectivity index (χ0v) is 16.4. The molecule has 1 aromatic rings. The highest BCUT2D eigenvalue weighted by atomic mass is 32.2. The lowest BCUT2D eigenvalue weighted by molar-refractivity contribution is -0.126. The van der Waals surface area contributed by atoms with Gasteiger partial charge in [0.1, 0.15) is 0 Å². The first-order chi connectivity index (χ1) is 11.5. The van der Waals surface area contributed by atoms with E-state index in [4.69, 9.17) is 11.5 Å². The molecule has 5 nitrogen and oxygen atoms in total. The van der Waals surface area contributed by atoms with Gasteiger partial charge in [0.25, 0.3) is 0 Å². The molecule has 0 radical (unpaired) electrons. The van der Waals surface area contributed by atoms with E-state index < -0.39 is 5.41 Å². The molecule has 2 rings (SSSR count). The van der Waals surface area contributed by atoms with Crippen LogP contribution in [0, 0.1) is 10.8 Å². The number of rotatable bonds is 3. The van der Waals surface area contributed by atoms with E-state index in [9.17, 15) is 9.59 Å². The van der Waals surface area contributed by atoms with Gasteiger partial charge in [0.05, 0.1) is 17.1 Å². The van der Waals surface area contributed by atoms with Gasteiger partial charge in [0.2, 0.25) is 5.91 Å². The molecule has 138 valence electrons. The summed E-state index contributed by atoms with van der Waals surface area (Å²) in [5, 5.41) is 3.01. The summed E-state index contributed by atoms with van der Waals surface area (Å²) in [6.45, 7) is 7.61. The fourth-order valence-corrected chi connectivity index (χ4v) is 3.79. The number of hydrogen-bond donors (Lipinski definition) is 3. The summed E-state index contributed by atoms with van der Waals surface area (Å²) in [6.07, 6.45) is 5.08. The van der Waals surface area contributed by atoms with Crippen LogP contribution in [0.2, 0.25) is 0 Å². The lowest BCUT2D eigenvalue weighted by Gasteiger charge is -2.32. The van der Waals surface area contributed by atoms with E-state index in [1.807, 2.05) is 27.7 Å². The summed E-state index contributed by atoms with van der Waals surface area (Å²) in [5.74, 6) is -0.0126. The number of carbonyl (C=O) groups excluding carboxylic acids is 2. The fraction of sp³-hybridized carbons (Fsp3) is 0.579. The molecular weight excluding hydrogens is 334 g/mol. The van der Waals surface area contributed by atoms with Crippen molar-refractivity contribution < 1.29 is 9.59 Å². The molecule has 0 saturated heterocycles. The van der Waals surface area contributed by atoms with E-state index in [1.54, 1.807) is 12.1 Å². The Morgan fingerprint density at radius 2 is 1.64 bits per heavy atom. The fourth-order valence-electron chi connectivity index (χ4n) is 2.88. The van der Waals surface area contributed by atoms with Gasteiger partial charge in [-0.25, -0.2) is 0 Å². The zero-order chi connectivity index (χ0) is 18.8. The molecule has 1 aliphatic rings. The first-order valence-electron chi connectivity index (χ1n) is 8.76. The molecule has 6 heteroatoms. The zero-order valence-electron chi connectivity index (χ0n) is 15.6. The number of carbonyl (C=O) groups is 2. The maximum Gasteiger partial charge on any atom is 0.230 e. The molecule has 0 aromatic heterocycles. The molecule has 5 N–H and O–H groups in total. The van der Waals surface area contributed by atoms with Gasteiger partial charge in [-0.3, -0.25) is 9.59 Å². The van der Waals surface area contributed by atoms with E-state index in [2.05, 4.69) is 5.32 Å². The van der Waals surface area contributed by atoms with Crippen LogP contribution in [0.5, 0.6) is 0 Å². The van der Waals surface area contributed by atoms with Gasteiger partial charge in [0, 0.05) is 15.7 Å². The molecule has 1 aliphatic carbocycles. The minimum atomic E-state index is -0.489. The minimum Gasteiger partial charge on any atom is -0.397 e. The lowest BCUT2D eigenvalue weighted by Crippen LogP contribution is -2.35. The van der Waals surface area contributed by atoms with Crippen molar-refractivity contribution >= 4 is 39.8 Å². The molecule has 25 heavy (non-hydrogen) atoms. The van der Waals surface area contributed by atoms with Crippen LogP contribution in [0.3, 0.4) is 0 Å². The van der Waals surface area contributed by atoms with Crippen LogP contribution in [-0.2, 0) is 9.59 Å². The number of thioether (sulfide) groups is 1. The number of anilines is 3. The highest BCUT2D eigenvalue weighted by Gasteiger charge is 2.35. The molecule has 1 saturated carbocycles. The standard InChI is InChI=1S/C19H29N3O2S/c1-18(2,3)17(24)25-15-11-13(21)12(20)10-14(15)22-16(23)19(4)8-6-5-7-9-19/h10-11H,5-9,20-21H2,1-4H3,(H,22,23). The molecular formula is C19H29N3O2S. The van der Waals surface area contributed by atoms with Crippen LogP contribution < -0.4 is 16.8 Å². The number of nitrogens with two attached hydrogens (primary N) is 2. The van der Waals surface area contributed by atoms with Crippen molar-refractivity contribution in [3.63, 3.8) is 0 Å². The Labute approximate surface area is 154 Å². The Morgan fingerprint density at radius 1 is 1.08 bits per heavy atom. The number of amides is 1. The maximum absolute atomic E-state index is 12.8. The largest absolute Gasteiger partial charge is 0.397 e. The first kappa shape index (κ1) is 19.6. The summed E-state index contributed by atoms with van der Waals surface area (Å²) in [7, 11) is 0. The second-order valence-corrected chi connectivity index (χ2v) is 9.21. The van der Waals surface area contributed by atoms with E-state index >= 15 is 0 Å². The molecule has 0 spiro atoms. The van der Waals surface area contributed by atoms with Gasteiger partial charge in [-0.05, 0) is 36.7 Å². The van der Waals surface area contributed by atoms with Gasteiger partial charge in [-0.1, -0.05) is 47.0 Å². The second-order valence-electron chi connectivity index (χ2n) is 8.19. The van der Waals surface area contributed by atoms with Crippen molar-refractivity contribution in [1.29, 1.82) is 0 Å². The molecule has 1 aromatic carbocycles. The van der Waals surface area contributed by atoms with Gasteiger partial charge in [-0.15, -0.1) is 0 Å². The molecule has 1 fully saturated rings. The van der Waals surface area contributed by atoms with Gasteiger partial charge >= 0.3 is 0 Å². The summed E-state index contributed by atoms with van der Waals surface area (Å²) < 4.78 is 0. The smallest absolute Gasteiger partial charge is 0.230 e. The van der Waals surface area contributed by atoms with Gasteiger partial charge in [-0.2, -0.15) is 0 Å². The maximum atomic E-state index is 12.8. The van der Waals surface area contributed by atoms with Crippen molar-refractivity contribution in [2.75, 3.05) is 16.8 Å². The Bertz CT molecular complexity index is 674. The van der Waals surface area contributed by atoms with Crippen LogP contribution in [-0.4, -0.2) is 11.0 Å². The Balaban J connectivity index is 2.28. The summed E-state index contributed by atoms with van der Waals surface area (Å²) >= 11 is 1.10. The van der Waals surface area contributed by atoms with E-state index in [1.165, 1.54) is 6.42 Å². The normalized spacial score (nSPS) is 17.1. The van der Waals surface area contributed by atoms with Crippen molar-refractivity contribution in [2.24, 2.45) is 10.8 Å². The monoisotopic (exact) mass is 363 g/mol. The third-order valence-corrected chi connectivity index (χ3v) is 6.11. The lowest BCUT2D eigenvalue weighted by atomic mass is 9.75.